The van der Waals surface area contributed by atoms with E-state index in [0.717, 1.165) is 55.3 Å². The van der Waals surface area contributed by atoms with Gasteiger partial charge in [0.25, 0.3) is 5.56 Å². The van der Waals surface area contributed by atoms with Crippen molar-refractivity contribution in [2.45, 2.75) is 50.2 Å². The number of ether oxygens (including phenoxy) is 1. The van der Waals surface area contributed by atoms with Crippen LogP contribution in [0.4, 0.5) is 18.9 Å². The number of benzene rings is 1. The SMILES string of the molecule is O=C(Cn1c2c(c(=O)n3nc(C4=CCOCC4)nc13)C1(CCCNC1)CC2)Nc1ccc(C(F)(F)F)cc1Cl. The zero-order valence-corrected chi connectivity index (χ0v) is 21.7. The summed E-state index contributed by atoms with van der Waals surface area (Å²) in [6, 6.07) is 2.77. The zero-order chi connectivity index (χ0) is 27.4. The third kappa shape index (κ3) is 4.64. The molecule has 2 aromatic heterocycles. The van der Waals surface area contributed by atoms with Gasteiger partial charge in [0.15, 0.2) is 5.82 Å². The smallest absolute Gasteiger partial charge is 0.377 e. The van der Waals surface area contributed by atoms with Crippen molar-refractivity contribution in [2.24, 2.45) is 0 Å². The van der Waals surface area contributed by atoms with Gasteiger partial charge in [0.2, 0.25) is 11.7 Å². The van der Waals surface area contributed by atoms with Gasteiger partial charge in [-0.1, -0.05) is 17.7 Å². The lowest BCUT2D eigenvalue weighted by Crippen LogP contribution is -2.45. The second-order valence-corrected chi connectivity index (χ2v) is 10.6. The molecule has 0 bridgehead atoms. The number of nitrogens with zero attached hydrogens (tertiary/aromatic N) is 4. The Balaban J connectivity index is 1.41. The zero-order valence-electron chi connectivity index (χ0n) is 20.9. The highest BCUT2D eigenvalue weighted by molar-refractivity contribution is 6.33. The Morgan fingerprint density at radius 3 is 2.79 bits per heavy atom. The summed E-state index contributed by atoms with van der Waals surface area (Å²) in [6.07, 6.45) is 1.07. The predicted molar refractivity (Wildman–Crippen MR) is 138 cm³/mol. The predicted octanol–water partition coefficient (Wildman–Crippen LogP) is 3.57. The van der Waals surface area contributed by atoms with Gasteiger partial charge in [0.05, 0.1) is 29.5 Å². The molecule has 1 saturated heterocycles. The minimum atomic E-state index is -4.55. The maximum atomic E-state index is 13.8. The standard InChI is InChI=1S/C26H26ClF3N6O3/c27-17-12-16(26(28,29)30)2-3-18(17)32-20(37)13-35-19-4-8-25(7-1-9-31-14-25)21(19)23(38)36-24(35)33-22(34-36)15-5-10-39-11-6-15/h2-3,5,12,31H,1,4,6-11,13-14H2,(H,32,37). The number of rotatable bonds is 4. The van der Waals surface area contributed by atoms with Gasteiger partial charge in [-0.2, -0.15) is 22.7 Å². The lowest BCUT2D eigenvalue weighted by molar-refractivity contribution is -0.137. The van der Waals surface area contributed by atoms with Gasteiger partial charge >= 0.3 is 6.18 Å². The molecule has 0 radical (unpaired) electrons. The maximum absolute atomic E-state index is 13.8. The monoisotopic (exact) mass is 562 g/mol. The highest BCUT2D eigenvalue weighted by Gasteiger charge is 2.44. The molecule has 1 unspecified atom stereocenters. The van der Waals surface area contributed by atoms with Crippen LogP contribution in [0, 0.1) is 0 Å². The number of halogens is 4. The fraction of sp³-hybridized carbons (Fsp3) is 0.462. The van der Waals surface area contributed by atoms with Crippen LogP contribution in [0.15, 0.2) is 29.1 Å². The quantitative estimate of drug-likeness (QED) is 0.504. The van der Waals surface area contributed by atoms with Crippen LogP contribution in [-0.4, -0.2) is 51.4 Å². The van der Waals surface area contributed by atoms with Gasteiger partial charge in [0.1, 0.15) is 6.54 Å². The highest BCUT2D eigenvalue weighted by atomic mass is 35.5. The number of fused-ring (bicyclic) bond motifs is 3. The lowest BCUT2D eigenvalue weighted by atomic mass is 9.76. The first-order chi connectivity index (χ1) is 18.7. The van der Waals surface area contributed by atoms with E-state index in [-0.39, 0.29) is 34.0 Å². The van der Waals surface area contributed by atoms with Crippen molar-refractivity contribution in [1.29, 1.82) is 0 Å². The lowest BCUT2D eigenvalue weighted by Gasteiger charge is -2.34. The number of piperidine rings is 1. The average Bonchev–Trinajstić information content (AvgIpc) is 3.51. The number of aromatic nitrogens is 4. The minimum Gasteiger partial charge on any atom is -0.377 e. The van der Waals surface area contributed by atoms with Crippen LogP contribution in [0.2, 0.25) is 5.02 Å². The molecule has 3 aliphatic rings. The van der Waals surface area contributed by atoms with Crippen molar-refractivity contribution in [3.05, 3.63) is 62.3 Å². The van der Waals surface area contributed by atoms with E-state index in [1.807, 2.05) is 6.08 Å². The molecule has 1 aliphatic carbocycles. The first-order valence-corrected chi connectivity index (χ1v) is 13.2. The molecule has 1 spiro atoms. The summed E-state index contributed by atoms with van der Waals surface area (Å²) in [6.45, 7) is 2.28. The van der Waals surface area contributed by atoms with Crippen LogP contribution < -0.4 is 16.2 Å². The Morgan fingerprint density at radius 2 is 2.10 bits per heavy atom. The van der Waals surface area contributed by atoms with Gasteiger partial charge in [-0.3, -0.25) is 9.59 Å². The van der Waals surface area contributed by atoms with Crippen molar-refractivity contribution in [2.75, 3.05) is 31.6 Å². The number of hydrogen-bond donors (Lipinski definition) is 2. The summed E-state index contributed by atoms with van der Waals surface area (Å²) < 4.78 is 47.5. The molecule has 13 heteroatoms. The summed E-state index contributed by atoms with van der Waals surface area (Å²) in [5, 5.41) is 10.4. The molecule has 1 fully saturated rings. The molecule has 1 aromatic carbocycles. The fourth-order valence-electron chi connectivity index (χ4n) is 5.93. The number of anilines is 1. The summed E-state index contributed by atoms with van der Waals surface area (Å²) >= 11 is 6.07. The Labute approximate surface area is 226 Å². The van der Waals surface area contributed by atoms with Crippen LogP contribution in [0.5, 0.6) is 0 Å². The van der Waals surface area contributed by atoms with Gasteiger partial charge < -0.3 is 19.9 Å². The number of nitrogens with one attached hydrogen (secondary N) is 2. The van der Waals surface area contributed by atoms with Crippen LogP contribution in [0.3, 0.4) is 0 Å². The third-order valence-corrected chi connectivity index (χ3v) is 8.13. The Hall–Kier alpha value is -3.22. The topological polar surface area (TPSA) is 103 Å². The van der Waals surface area contributed by atoms with E-state index in [1.54, 1.807) is 4.57 Å². The van der Waals surface area contributed by atoms with Crippen molar-refractivity contribution in [3.63, 3.8) is 0 Å². The van der Waals surface area contributed by atoms with Crippen LogP contribution >= 0.6 is 11.6 Å². The van der Waals surface area contributed by atoms with Gasteiger partial charge in [-0.05, 0) is 62.4 Å². The number of carbonyl (C=O) groups excluding carboxylic acids is 1. The van der Waals surface area contributed by atoms with Crippen molar-refractivity contribution in [1.82, 2.24) is 24.5 Å². The molecule has 9 nitrogen and oxygen atoms in total. The summed E-state index contributed by atoms with van der Waals surface area (Å²) in [7, 11) is 0. The summed E-state index contributed by atoms with van der Waals surface area (Å²) in [5.74, 6) is 0.146. The van der Waals surface area contributed by atoms with E-state index in [4.69, 9.17) is 16.3 Å². The molecule has 6 rings (SSSR count). The molecule has 0 saturated carbocycles. The number of alkyl halides is 3. The van der Waals surface area contributed by atoms with Gasteiger partial charge in [-0.15, -0.1) is 5.10 Å². The van der Waals surface area contributed by atoms with E-state index in [2.05, 4.69) is 20.7 Å². The van der Waals surface area contributed by atoms with Gasteiger partial charge in [-0.25, -0.2) is 0 Å². The van der Waals surface area contributed by atoms with Crippen molar-refractivity contribution >= 4 is 34.5 Å². The van der Waals surface area contributed by atoms with Crippen molar-refractivity contribution < 1.29 is 22.7 Å². The third-order valence-electron chi connectivity index (χ3n) is 7.82. The molecule has 1 amide bonds. The minimum absolute atomic E-state index is 0.0610. The molecule has 1 atom stereocenters. The Morgan fingerprint density at radius 1 is 1.26 bits per heavy atom. The molecular weight excluding hydrogens is 537 g/mol. The number of amides is 1. The summed E-state index contributed by atoms with van der Waals surface area (Å²) in [4.78, 5) is 31.7. The Bertz CT molecular complexity index is 1550. The molecule has 3 aromatic rings. The number of carbonyl (C=O) groups is 1. The molecule has 2 N–H and O–H groups in total. The highest BCUT2D eigenvalue weighted by Crippen LogP contribution is 2.42. The molecule has 206 valence electrons. The molecule has 4 heterocycles. The maximum Gasteiger partial charge on any atom is 0.416 e. The average molecular weight is 563 g/mol. The van der Waals surface area contributed by atoms with Crippen LogP contribution in [0.25, 0.3) is 11.4 Å². The second-order valence-electron chi connectivity index (χ2n) is 10.2. The van der Waals surface area contributed by atoms with Gasteiger partial charge in [0, 0.05) is 23.2 Å². The van der Waals surface area contributed by atoms with E-state index < -0.39 is 17.6 Å². The van der Waals surface area contributed by atoms with E-state index in [1.165, 1.54) is 4.52 Å². The van der Waals surface area contributed by atoms with Crippen molar-refractivity contribution in [3.8, 4) is 0 Å². The van der Waals surface area contributed by atoms with Crippen LogP contribution in [-0.2, 0) is 34.1 Å². The van der Waals surface area contributed by atoms with Crippen LogP contribution in [0.1, 0.15) is 48.3 Å². The number of hydrogen-bond acceptors (Lipinski definition) is 6. The van der Waals surface area contributed by atoms with E-state index in [9.17, 15) is 22.8 Å². The first kappa shape index (κ1) is 26.0. The molecule has 39 heavy (non-hydrogen) atoms. The van der Waals surface area contributed by atoms with E-state index in [0.29, 0.717) is 44.0 Å². The molecular formula is C26H26ClF3N6O3. The first-order valence-electron chi connectivity index (χ1n) is 12.8. The van der Waals surface area contributed by atoms with E-state index >= 15 is 0 Å². The Kier molecular flexibility index (Phi) is 6.51. The second kappa shape index (κ2) is 9.76. The largest absolute Gasteiger partial charge is 0.416 e. The summed E-state index contributed by atoms with van der Waals surface area (Å²) in [5.41, 5.74) is 0.838. The normalized spacial score (nSPS) is 21.3. The molecule has 2 aliphatic heterocycles. The fourth-order valence-corrected chi connectivity index (χ4v) is 6.16.